The Morgan fingerprint density at radius 2 is 2.06 bits per heavy atom. The molecule has 7 heteroatoms. The third-order valence-corrected chi connectivity index (χ3v) is 6.22. The van der Waals surface area contributed by atoms with Gasteiger partial charge in [0.15, 0.2) is 0 Å². The van der Waals surface area contributed by atoms with Crippen LogP contribution in [-0.2, 0) is 6.42 Å². The SMILES string of the molecule is CC1CC(c2ccc(C(=O)NCCc3ccc4[nH]cc(C(=N)N)c4c3)cc2)CCN1O. The van der Waals surface area contributed by atoms with Gasteiger partial charge in [0.05, 0.1) is 0 Å². The zero-order valence-electron chi connectivity index (χ0n) is 17.7. The zero-order valence-corrected chi connectivity index (χ0v) is 17.7. The third-order valence-electron chi connectivity index (χ3n) is 6.22. The molecule has 4 rings (SSSR count). The van der Waals surface area contributed by atoms with Gasteiger partial charge in [-0.3, -0.25) is 10.2 Å². The summed E-state index contributed by atoms with van der Waals surface area (Å²) in [6.07, 6.45) is 4.28. The van der Waals surface area contributed by atoms with E-state index in [1.54, 1.807) is 6.20 Å². The van der Waals surface area contributed by atoms with Gasteiger partial charge in [0, 0.05) is 47.4 Å². The van der Waals surface area contributed by atoms with E-state index in [-0.39, 0.29) is 17.8 Å². The fraction of sp³-hybridized carbons (Fsp3) is 0.333. The molecule has 1 aliphatic rings. The number of aromatic amines is 1. The molecule has 1 aromatic heterocycles. The minimum atomic E-state index is -0.0859. The number of hydrogen-bond donors (Lipinski definition) is 5. The molecule has 1 saturated heterocycles. The van der Waals surface area contributed by atoms with Crippen LogP contribution in [0.5, 0.6) is 0 Å². The maximum atomic E-state index is 12.5. The topological polar surface area (TPSA) is 118 Å². The first-order chi connectivity index (χ1) is 14.9. The molecule has 0 spiro atoms. The van der Waals surface area contributed by atoms with E-state index < -0.39 is 0 Å². The second-order valence-corrected chi connectivity index (χ2v) is 8.36. The van der Waals surface area contributed by atoms with Gasteiger partial charge in [0.2, 0.25) is 0 Å². The van der Waals surface area contributed by atoms with Crippen LogP contribution in [0.2, 0.25) is 0 Å². The predicted octanol–water partition coefficient (Wildman–Crippen LogP) is 3.38. The number of nitrogens with one attached hydrogen (secondary N) is 3. The van der Waals surface area contributed by atoms with Crippen LogP contribution < -0.4 is 11.1 Å². The number of nitrogens with two attached hydrogens (primary N) is 1. The number of carbonyl (C=O) groups is 1. The highest BCUT2D eigenvalue weighted by molar-refractivity contribution is 6.07. The van der Waals surface area contributed by atoms with Gasteiger partial charge < -0.3 is 21.2 Å². The molecule has 0 aliphatic carbocycles. The Hall–Kier alpha value is -3.16. The molecule has 1 fully saturated rings. The normalized spacial score (nSPS) is 19.4. The molecule has 2 unspecified atom stereocenters. The number of nitrogens with zero attached hydrogens (tertiary/aromatic N) is 1. The van der Waals surface area contributed by atoms with Gasteiger partial charge in [0.1, 0.15) is 5.84 Å². The van der Waals surface area contributed by atoms with E-state index in [1.807, 2.05) is 49.4 Å². The van der Waals surface area contributed by atoms with E-state index in [1.165, 1.54) is 10.6 Å². The molecule has 0 saturated carbocycles. The summed E-state index contributed by atoms with van der Waals surface area (Å²) in [6.45, 7) is 3.23. The standard InChI is InChI=1S/C24H29N5O2/c1-15-12-19(9-11-29(15)31)17-3-5-18(6-4-17)24(30)27-10-8-16-2-7-22-20(13-16)21(14-28-22)23(25)26/h2-7,13-15,19,28,31H,8-12H2,1H3,(H3,25,26)(H,27,30). The average molecular weight is 420 g/mol. The van der Waals surface area contributed by atoms with Gasteiger partial charge >= 0.3 is 0 Å². The molecular weight excluding hydrogens is 390 g/mol. The first kappa shape index (κ1) is 21.1. The molecular formula is C24H29N5O2. The smallest absolute Gasteiger partial charge is 0.251 e. The van der Waals surface area contributed by atoms with Crippen molar-refractivity contribution < 1.29 is 10.0 Å². The molecule has 7 nitrogen and oxygen atoms in total. The van der Waals surface area contributed by atoms with Gasteiger partial charge in [-0.2, -0.15) is 5.06 Å². The molecule has 2 heterocycles. The number of amides is 1. The lowest BCUT2D eigenvalue weighted by atomic mass is 9.86. The number of aromatic nitrogens is 1. The molecule has 3 aromatic rings. The Morgan fingerprint density at radius 1 is 1.29 bits per heavy atom. The van der Waals surface area contributed by atoms with E-state index in [2.05, 4.69) is 10.3 Å². The highest BCUT2D eigenvalue weighted by Crippen LogP contribution is 2.30. The summed E-state index contributed by atoms with van der Waals surface area (Å²) in [5, 5.41) is 22.8. The van der Waals surface area contributed by atoms with Crippen molar-refractivity contribution in [1.82, 2.24) is 15.4 Å². The van der Waals surface area contributed by atoms with Crippen molar-refractivity contribution in [2.45, 2.75) is 38.1 Å². The molecule has 31 heavy (non-hydrogen) atoms. The van der Waals surface area contributed by atoms with Crippen molar-refractivity contribution in [3.8, 4) is 0 Å². The van der Waals surface area contributed by atoms with E-state index >= 15 is 0 Å². The molecule has 2 aromatic carbocycles. The van der Waals surface area contributed by atoms with E-state index in [0.29, 0.717) is 36.6 Å². The van der Waals surface area contributed by atoms with Gasteiger partial charge in [-0.15, -0.1) is 0 Å². The van der Waals surface area contributed by atoms with Gasteiger partial charge in [0.25, 0.3) is 5.91 Å². The highest BCUT2D eigenvalue weighted by Gasteiger charge is 2.25. The van der Waals surface area contributed by atoms with E-state index in [0.717, 1.165) is 29.3 Å². The lowest BCUT2D eigenvalue weighted by molar-refractivity contribution is -0.139. The number of fused-ring (bicyclic) bond motifs is 1. The molecule has 1 aliphatic heterocycles. The van der Waals surface area contributed by atoms with Crippen LogP contribution in [0.15, 0.2) is 48.7 Å². The number of carbonyl (C=O) groups excluding carboxylic acids is 1. The highest BCUT2D eigenvalue weighted by atomic mass is 16.5. The van der Waals surface area contributed by atoms with Crippen LogP contribution in [0.25, 0.3) is 10.9 Å². The van der Waals surface area contributed by atoms with Crippen LogP contribution in [0, 0.1) is 5.41 Å². The maximum Gasteiger partial charge on any atom is 0.251 e. The number of amidine groups is 1. The largest absolute Gasteiger partial charge is 0.384 e. The Morgan fingerprint density at radius 3 is 2.77 bits per heavy atom. The summed E-state index contributed by atoms with van der Waals surface area (Å²) < 4.78 is 0. The van der Waals surface area contributed by atoms with Crippen molar-refractivity contribution in [2.75, 3.05) is 13.1 Å². The van der Waals surface area contributed by atoms with Gasteiger partial charge in [-0.05, 0) is 67.5 Å². The second kappa shape index (κ2) is 8.91. The van der Waals surface area contributed by atoms with Crippen LogP contribution in [-0.4, -0.2) is 46.1 Å². The lowest BCUT2D eigenvalue weighted by Gasteiger charge is -2.33. The number of rotatable bonds is 6. The molecule has 6 N–H and O–H groups in total. The summed E-state index contributed by atoms with van der Waals surface area (Å²) in [7, 11) is 0. The number of nitrogen functional groups attached to an aromatic ring is 1. The zero-order chi connectivity index (χ0) is 22.0. The number of benzene rings is 2. The molecule has 2 atom stereocenters. The minimum absolute atomic E-state index is 0.0384. The molecule has 1 amide bonds. The Labute approximate surface area is 181 Å². The van der Waals surface area contributed by atoms with Crippen molar-refractivity contribution in [3.05, 3.63) is 70.9 Å². The third kappa shape index (κ3) is 4.62. The number of hydrogen-bond acceptors (Lipinski definition) is 4. The van der Waals surface area contributed by atoms with Crippen molar-refractivity contribution in [1.29, 1.82) is 5.41 Å². The lowest BCUT2D eigenvalue weighted by Crippen LogP contribution is -2.37. The Bertz CT molecular complexity index is 1090. The molecule has 0 radical (unpaired) electrons. The van der Waals surface area contributed by atoms with Crippen LogP contribution in [0.1, 0.15) is 52.7 Å². The predicted molar refractivity (Wildman–Crippen MR) is 122 cm³/mol. The van der Waals surface area contributed by atoms with E-state index in [4.69, 9.17) is 11.1 Å². The van der Waals surface area contributed by atoms with Crippen LogP contribution >= 0.6 is 0 Å². The van der Waals surface area contributed by atoms with Gasteiger partial charge in [-0.1, -0.05) is 18.2 Å². The quantitative estimate of drug-likeness (QED) is 0.311. The molecule has 162 valence electrons. The van der Waals surface area contributed by atoms with Crippen LogP contribution in [0.3, 0.4) is 0 Å². The summed E-state index contributed by atoms with van der Waals surface area (Å²) in [6, 6.07) is 14.0. The van der Waals surface area contributed by atoms with Crippen molar-refractivity contribution in [3.63, 3.8) is 0 Å². The maximum absolute atomic E-state index is 12.5. The van der Waals surface area contributed by atoms with Crippen LogP contribution in [0.4, 0.5) is 0 Å². The Balaban J connectivity index is 1.33. The molecule has 0 bridgehead atoms. The van der Waals surface area contributed by atoms with E-state index in [9.17, 15) is 10.0 Å². The summed E-state index contributed by atoms with van der Waals surface area (Å²) >= 11 is 0. The first-order valence-corrected chi connectivity index (χ1v) is 10.7. The fourth-order valence-corrected chi connectivity index (χ4v) is 4.34. The number of piperidine rings is 1. The number of hydroxylamine groups is 2. The van der Waals surface area contributed by atoms with Gasteiger partial charge in [-0.25, -0.2) is 0 Å². The Kier molecular flexibility index (Phi) is 6.06. The number of H-pyrrole nitrogens is 1. The average Bonchev–Trinajstić information content (AvgIpc) is 3.19. The summed E-state index contributed by atoms with van der Waals surface area (Å²) in [4.78, 5) is 15.7. The summed E-state index contributed by atoms with van der Waals surface area (Å²) in [5.41, 5.74) is 10.2. The minimum Gasteiger partial charge on any atom is -0.384 e. The first-order valence-electron chi connectivity index (χ1n) is 10.7. The van der Waals surface area contributed by atoms with Crippen molar-refractivity contribution >= 4 is 22.6 Å². The second-order valence-electron chi connectivity index (χ2n) is 8.36. The summed E-state index contributed by atoms with van der Waals surface area (Å²) in [5.74, 6) is 0.368. The van der Waals surface area contributed by atoms with Crippen molar-refractivity contribution in [2.24, 2.45) is 5.73 Å². The monoisotopic (exact) mass is 419 g/mol. The fourth-order valence-electron chi connectivity index (χ4n) is 4.34.